The zero-order valence-electron chi connectivity index (χ0n) is 7.68. The molecule has 0 aliphatic rings. The third-order valence-corrected chi connectivity index (χ3v) is 1.81. The average Bonchev–Trinajstić information content (AvgIpc) is 2.20. The van der Waals surface area contributed by atoms with E-state index in [9.17, 15) is 4.79 Å². The summed E-state index contributed by atoms with van der Waals surface area (Å²) in [6.07, 6.45) is 3.04. The predicted octanol–water partition coefficient (Wildman–Crippen LogP) is -0.181. The van der Waals surface area contributed by atoms with Crippen molar-refractivity contribution in [3.05, 3.63) is 24.0 Å². The number of carbonyl (C=O) groups is 1. The number of urea groups is 1. The number of nitrogen functional groups attached to an aromatic ring is 1. The Kier molecular flexibility index (Phi) is 4.23. The van der Waals surface area contributed by atoms with Crippen LogP contribution in [0.15, 0.2) is 23.4 Å². The largest absolute Gasteiger partial charge is 0.397 e. The van der Waals surface area contributed by atoms with Crippen LogP contribution in [0, 0.1) is 0 Å². The molecule has 1 heterocycles. The Hall–Kier alpha value is -1.96. The molecule has 0 atom stereocenters. The Morgan fingerprint density at radius 3 is 3.13 bits per heavy atom. The molecule has 0 unspecified atom stereocenters. The molecule has 0 radical (unpaired) electrons. The Balaban J connectivity index is 2.38. The number of anilines is 1. The molecular formula is C7H10N6OS. The summed E-state index contributed by atoms with van der Waals surface area (Å²) in [7, 11) is 0. The fraction of sp³-hybridized carbons (Fsp3) is 0. The van der Waals surface area contributed by atoms with Crippen LogP contribution in [0.4, 0.5) is 10.5 Å². The second-order valence-corrected chi connectivity index (χ2v) is 2.99. The summed E-state index contributed by atoms with van der Waals surface area (Å²) in [5, 5.41) is 3.75. The molecule has 0 aliphatic heterocycles. The van der Waals surface area contributed by atoms with E-state index in [4.69, 9.17) is 11.5 Å². The molecule has 15 heavy (non-hydrogen) atoms. The summed E-state index contributed by atoms with van der Waals surface area (Å²) in [4.78, 5) is 16.7. The molecule has 1 rings (SSSR count). The number of hydrogen-bond acceptors (Lipinski definition) is 6. The van der Waals surface area contributed by atoms with E-state index < -0.39 is 6.03 Å². The normalized spacial score (nSPS) is 10.1. The van der Waals surface area contributed by atoms with Gasteiger partial charge in [-0.15, -0.1) is 0 Å². The Bertz CT molecular complexity index is 368. The van der Waals surface area contributed by atoms with Crippen molar-refractivity contribution in [2.75, 3.05) is 5.73 Å². The average molecular weight is 226 g/mol. The topological polar surface area (TPSA) is 118 Å². The van der Waals surface area contributed by atoms with Gasteiger partial charge in [0.15, 0.2) is 0 Å². The van der Waals surface area contributed by atoms with E-state index in [0.29, 0.717) is 11.4 Å². The van der Waals surface area contributed by atoms with E-state index in [1.165, 1.54) is 6.21 Å². The number of hydrogen-bond donors (Lipinski definition) is 4. The van der Waals surface area contributed by atoms with Gasteiger partial charge in [0.25, 0.3) is 0 Å². The van der Waals surface area contributed by atoms with Gasteiger partial charge >= 0.3 is 6.03 Å². The van der Waals surface area contributed by atoms with Crippen molar-refractivity contribution in [3.8, 4) is 0 Å². The van der Waals surface area contributed by atoms with Gasteiger partial charge in [-0.25, -0.2) is 9.63 Å². The van der Waals surface area contributed by atoms with E-state index >= 15 is 0 Å². The highest BCUT2D eigenvalue weighted by atomic mass is 32.2. The summed E-state index contributed by atoms with van der Waals surface area (Å²) < 4.78 is 2.23. The van der Waals surface area contributed by atoms with Gasteiger partial charge in [-0.3, -0.25) is 9.71 Å². The molecule has 1 aromatic rings. The van der Waals surface area contributed by atoms with Crippen LogP contribution < -0.4 is 21.0 Å². The van der Waals surface area contributed by atoms with E-state index in [1.807, 2.05) is 0 Å². The minimum atomic E-state index is -0.653. The van der Waals surface area contributed by atoms with Gasteiger partial charge in [0, 0.05) is 6.20 Å². The smallest absolute Gasteiger partial charge is 0.323 e. The first-order valence-electron chi connectivity index (χ1n) is 3.90. The molecule has 80 valence electrons. The molecule has 6 N–H and O–H groups in total. The molecule has 0 aromatic carbocycles. The first kappa shape index (κ1) is 11.1. The molecule has 0 saturated heterocycles. The standard InChI is InChI=1S/C7H10N6OS/c8-5-2-1-3-10-6(5)4-11-13-15-12-7(9)14/h1-4,13H,8H2,(H3,9,12,14). The number of aromatic nitrogens is 1. The third kappa shape index (κ3) is 4.18. The van der Waals surface area contributed by atoms with Gasteiger partial charge in [-0.05, 0) is 12.1 Å². The van der Waals surface area contributed by atoms with Gasteiger partial charge in [0.05, 0.1) is 24.0 Å². The molecule has 7 nitrogen and oxygen atoms in total. The van der Waals surface area contributed by atoms with Crippen LogP contribution in [0.5, 0.6) is 0 Å². The highest BCUT2D eigenvalue weighted by Gasteiger charge is 1.94. The number of rotatable bonds is 4. The van der Waals surface area contributed by atoms with Crippen molar-refractivity contribution in [2.24, 2.45) is 10.8 Å². The van der Waals surface area contributed by atoms with Crippen LogP contribution in [0.2, 0.25) is 0 Å². The summed E-state index contributed by atoms with van der Waals surface area (Å²) >= 11 is 0.845. The third-order valence-electron chi connectivity index (χ3n) is 1.31. The van der Waals surface area contributed by atoms with E-state index in [-0.39, 0.29) is 0 Å². The number of primary amides is 1. The zero-order valence-corrected chi connectivity index (χ0v) is 8.49. The molecule has 0 fully saturated rings. The maximum absolute atomic E-state index is 10.3. The number of nitrogens with two attached hydrogens (primary N) is 2. The van der Waals surface area contributed by atoms with Crippen molar-refractivity contribution >= 4 is 30.1 Å². The second-order valence-electron chi connectivity index (χ2n) is 2.40. The number of pyridine rings is 1. The Morgan fingerprint density at radius 2 is 2.47 bits per heavy atom. The first-order chi connectivity index (χ1) is 7.20. The lowest BCUT2D eigenvalue weighted by Crippen LogP contribution is -2.25. The van der Waals surface area contributed by atoms with Crippen LogP contribution >= 0.6 is 12.1 Å². The van der Waals surface area contributed by atoms with E-state index in [0.717, 1.165) is 12.1 Å². The monoisotopic (exact) mass is 226 g/mol. The molecule has 8 heteroatoms. The zero-order chi connectivity index (χ0) is 11.1. The lowest BCUT2D eigenvalue weighted by atomic mass is 10.3. The number of amides is 2. The van der Waals surface area contributed by atoms with Crippen LogP contribution in [0.25, 0.3) is 0 Å². The molecule has 2 amide bonds. The summed E-state index contributed by atoms with van der Waals surface area (Å²) in [6.45, 7) is 0. The fourth-order valence-corrected chi connectivity index (χ4v) is 0.976. The molecule has 0 aliphatic carbocycles. The van der Waals surface area contributed by atoms with Crippen LogP contribution in [0.1, 0.15) is 5.69 Å². The van der Waals surface area contributed by atoms with Gasteiger partial charge in [0.1, 0.15) is 5.69 Å². The van der Waals surface area contributed by atoms with Crippen molar-refractivity contribution in [1.82, 2.24) is 14.5 Å². The van der Waals surface area contributed by atoms with Crippen molar-refractivity contribution in [1.29, 1.82) is 0 Å². The van der Waals surface area contributed by atoms with Gasteiger partial charge in [-0.1, -0.05) is 0 Å². The van der Waals surface area contributed by atoms with Crippen LogP contribution in [-0.2, 0) is 0 Å². The van der Waals surface area contributed by atoms with Crippen molar-refractivity contribution in [3.63, 3.8) is 0 Å². The fourth-order valence-electron chi connectivity index (χ4n) is 0.725. The molecule has 0 spiro atoms. The van der Waals surface area contributed by atoms with Crippen molar-refractivity contribution < 1.29 is 4.79 Å². The quantitative estimate of drug-likeness (QED) is 0.246. The minimum Gasteiger partial charge on any atom is -0.397 e. The Morgan fingerprint density at radius 1 is 1.67 bits per heavy atom. The summed E-state index contributed by atoms with van der Waals surface area (Å²) in [6, 6.07) is 2.78. The number of nitrogens with one attached hydrogen (secondary N) is 2. The number of nitrogens with zero attached hydrogens (tertiary/aromatic N) is 2. The lowest BCUT2D eigenvalue weighted by molar-refractivity contribution is 0.254. The van der Waals surface area contributed by atoms with E-state index in [1.54, 1.807) is 18.3 Å². The lowest BCUT2D eigenvalue weighted by Gasteiger charge is -1.98. The first-order valence-corrected chi connectivity index (χ1v) is 4.71. The highest BCUT2D eigenvalue weighted by Crippen LogP contribution is 2.02. The van der Waals surface area contributed by atoms with Gasteiger partial charge in [-0.2, -0.15) is 5.10 Å². The maximum atomic E-state index is 10.3. The highest BCUT2D eigenvalue weighted by molar-refractivity contribution is 7.95. The summed E-state index contributed by atoms with van der Waals surface area (Å²) in [5.74, 6) is 0. The molecule has 0 saturated carbocycles. The second kappa shape index (κ2) is 5.70. The molecular weight excluding hydrogens is 216 g/mol. The van der Waals surface area contributed by atoms with Gasteiger partial charge in [0.2, 0.25) is 0 Å². The maximum Gasteiger partial charge on any atom is 0.323 e. The number of hydrazone groups is 1. The van der Waals surface area contributed by atoms with E-state index in [2.05, 4.69) is 19.6 Å². The Labute approximate surface area is 90.6 Å². The molecule has 0 bridgehead atoms. The predicted molar refractivity (Wildman–Crippen MR) is 59.7 cm³/mol. The van der Waals surface area contributed by atoms with Gasteiger partial charge < -0.3 is 11.5 Å². The summed E-state index contributed by atoms with van der Waals surface area (Å²) in [5.41, 5.74) is 11.5. The molecule has 1 aromatic heterocycles. The van der Waals surface area contributed by atoms with Crippen molar-refractivity contribution in [2.45, 2.75) is 0 Å². The number of carbonyl (C=O) groups excluding carboxylic acids is 1. The SMILES string of the molecule is NC(=O)NSNN=Cc1ncccc1N. The van der Waals surface area contributed by atoms with Crippen LogP contribution in [0.3, 0.4) is 0 Å². The van der Waals surface area contributed by atoms with Crippen LogP contribution in [-0.4, -0.2) is 17.2 Å². The minimum absolute atomic E-state index is 0.524.